The largest absolute Gasteiger partial charge is 0.452 e. The number of methoxy groups -OCH3 is 1. The van der Waals surface area contributed by atoms with Gasteiger partial charge < -0.3 is 4.74 Å². The lowest BCUT2D eigenvalue weighted by molar-refractivity contribution is 0.171. The first-order chi connectivity index (χ1) is 14.0. The Morgan fingerprint density at radius 1 is 1.34 bits per heavy atom. The van der Waals surface area contributed by atoms with Gasteiger partial charge in [-0.3, -0.25) is 4.98 Å². The van der Waals surface area contributed by atoms with E-state index in [1.165, 1.54) is 24.1 Å². The first kappa shape index (κ1) is 18.3. The molecule has 0 spiro atoms. The molecule has 3 heterocycles. The Hall–Kier alpha value is -4.02. The van der Waals surface area contributed by atoms with E-state index in [1.54, 1.807) is 25.3 Å². The Bertz CT molecular complexity index is 1250. The quantitative estimate of drug-likeness (QED) is 0.415. The molecule has 0 aliphatic carbocycles. The van der Waals surface area contributed by atoms with Crippen LogP contribution in [0.3, 0.4) is 0 Å². The van der Waals surface area contributed by atoms with Crippen molar-refractivity contribution < 1.29 is 13.9 Å². The molecule has 3 aromatic heterocycles. The first-order valence-electron chi connectivity index (χ1n) is 8.53. The molecule has 4 aromatic rings. The third kappa shape index (κ3) is 3.70. The fraction of sp³-hybridized carbons (Fsp3) is 0.167. The zero-order chi connectivity index (χ0) is 20.4. The van der Waals surface area contributed by atoms with E-state index >= 15 is 0 Å². The summed E-state index contributed by atoms with van der Waals surface area (Å²) < 4.78 is 20.4. The van der Waals surface area contributed by atoms with Crippen LogP contribution in [0.5, 0.6) is 0 Å². The highest BCUT2D eigenvalue weighted by molar-refractivity contribution is 5.98. The van der Waals surface area contributed by atoms with Gasteiger partial charge in [-0.15, -0.1) is 5.10 Å². The van der Waals surface area contributed by atoms with Crippen molar-refractivity contribution in [2.75, 3.05) is 7.11 Å². The molecule has 146 valence electrons. The Morgan fingerprint density at radius 2 is 2.21 bits per heavy atom. The molecular formula is C18H15FN8O2. The van der Waals surface area contributed by atoms with Crippen LogP contribution in [-0.4, -0.2) is 48.9 Å². The number of carbonyl (C=O) groups excluding carboxylic acids is 1. The van der Waals surface area contributed by atoms with E-state index in [9.17, 15) is 9.18 Å². The maximum Gasteiger partial charge on any atom is 0.427 e. The first-order valence-corrected chi connectivity index (χ1v) is 8.53. The molecule has 10 nitrogen and oxygen atoms in total. The zero-order valence-corrected chi connectivity index (χ0v) is 15.5. The number of hydrazone groups is 1. The van der Waals surface area contributed by atoms with Crippen LogP contribution in [0.25, 0.3) is 22.2 Å². The van der Waals surface area contributed by atoms with Crippen molar-refractivity contribution in [3.63, 3.8) is 0 Å². The minimum absolute atomic E-state index is 0.113. The summed E-state index contributed by atoms with van der Waals surface area (Å²) in [5.41, 5.74) is 4.69. The molecule has 0 atom stereocenters. The van der Waals surface area contributed by atoms with E-state index in [0.717, 1.165) is 5.39 Å². The second-order valence-corrected chi connectivity index (χ2v) is 6.09. The topological polar surface area (TPSA) is 120 Å². The van der Waals surface area contributed by atoms with E-state index < -0.39 is 11.9 Å². The summed E-state index contributed by atoms with van der Waals surface area (Å²) in [6.45, 7) is 1.76. The average Bonchev–Trinajstić information content (AvgIpc) is 3.14. The van der Waals surface area contributed by atoms with Crippen LogP contribution in [0.15, 0.2) is 41.8 Å². The van der Waals surface area contributed by atoms with Crippen molar-refractivity contribution in [2.45, 2.75) is 13.5 Å². The van der Waals surface area contributed by atoms with Crippen LogP contribution >= 0.6 is 0 Å². The third-order valence-electron chi connectivity index (χ3n) is 4.19. The number of pyridine rings is 1. The van der Waals surface area contributed by atoms with E-state index in [2.05, 4.69) is 40.5 Å². The number of fused-ring (bicyclic) bond motifs is 2. The zero-order valence-electron chi connectivity index (χ0n) is 15.5. The Balaban J connectivity index is 1.68. The second-order valence-electron chi connectivity index (χ2n) is 6.09. The molecule has 0 unspecified atom stereocenters. The Morgan fingerprint density at radius 3 is 3.03 bits per heavy atom. The highest BCUT2D eigenvalue weighted by Crippen LogP contribution is 2.19. The van der Waals surface area contributed by atoms with Crippen molar-refractivity contribution in [3.05, 3.63) is 53.7 Å². The maximum absolute atomic E-state index is 14.5. The van der Waals surface area contributed by atoms with Crippen LogP contribution in [0.2, 0.25) is 0 Å². The molecule has 0 saturated carbocycles. The van der Waals surface area contributed by atoms with Crippen molar-refractivity contribution in [2.24, 2.45) is 5.10 Å². The minimum atomic E-state index is -0.702. The van der Waals surface area contributed by atoms with Crippen LogP contribution in [0, 0.1) is 5.82 Å². The molecule has 11 heteroatoms. The molecule has 0 radical (unpaired) electrons. The van der Waals surface area contributed by atoms with Crippen molar-refractivity contribution >= 4 is 34.0 Å². The standard InChI is InChI=1S/C18H15FN8O2/c1-10(23-25-18(28)29-2)15-8-21-16-17(22-15)27(26-24-16)9-12-6-11-4-3-5-20-14(11)7-13(12)19/h3-8H,9H2,1-2H3,(H,25,28)/b23-10+. The smallest absolute Gasteiger partial charge is 0.427 e. The number of aromatic nitrogens is 6. The van der Waals surface area contributed by atoms with E-state index in [1.807, 2.05) is 6.07 Å². The number of ether oxygens (including phenoxy) is 1. The number of amides is 1. The molecule has 0 bridgehead atoms. The van der Waals surface area contributed by atoms with Crippen LogP contribution in [0.4, 0.5) is 9.18 Å². The summed E-state index contributed by atoms with van der Waals surface area (Å²) in [5.74, 6) is -0.399. The molecule has 0 fully saturated rings. The number of hydrogen-bond acceptors (Lipinski definition) is 8. The van der Waals surface area contributed by atoms with E-state index in [-0.39, 0.29) is 6.54 Å². The monoisotopic (exact) mass is 394 g/mol. The summed E-state index contributed by atoms with van der Waals surface area (Å²) in [6.07, 6.45) is 2.37. The Labute approximate surface area is 163 Å². The number of hydrogen-bond donors (Lipinski definition) is 1. The Kier molecular flexibility index (Phi) is 4.77. The molecular weight excluding hydrogens is 379 g/mol. The van der Waals surface area contributed by atoms with Crippen LogP contribution < -0.4 is 5.43 Å². The van der Waals surface area contributed by atoms with E-state index in [4.69, 9.17) is 0 Å². The van der Waals surface area contributed by atoms with Gasteiger partial charge in [-0.05, 0) is 19.1 Å². The third-order valence-corrected chi connectivity index (χ3v) is 4.19. The number of nitrogens with one attached hydrogen (secondary N) is 1. The highest BCUT2D eigenvalue weighted by Gasteiger charge is 2.13. The maximum atomic E-state index is 14.5. The molecule has 0 aliphatic rings. The summed E-state index contributed by atoms with van der Waals surface area (Å²) in [7, 11) is 1.23. The summed E-state index contributed by atoms with van der Waals surface area (Å²) in [6, 6.07) is 6.75. The number of nitrogens with zero attached hydrogens (tertiary/aromatic N) is 7. The van der Waals surface area contributed by atoms with Crippen molar-refractivity contribution in [1.82, 2.24) is 35.4 Å². The fourth-order valence-electron chi connectivity index (χ4n) is 2.69. The SMILES string of the molecule is COC(=O)N/N=C(\C)c1cnc2nnn(Cc3cc4cccnc4cc3F)c2n1. The van der Waals surface area contributed by atoms with Gasteiger partial charge in [0.15, 0.2) is 5.65 Å². The predicted molar refractivity (Wildman–Crippen MR) is 102 cm³/mol. The van der Waals surface area contributed by atoms with Crippen molar-refractivity contribution in [1.29, 1.82) is 0 Å². The van der Waals surface area contributed by atoms with Gasteiger partial charge in [0, 0.05) is 23.2 Å². The van der Waals surface area contributed by atoms with Gasteiger partial charge in [0.2, 0.25) is 5.65 Å². The highest BCUT2D eigenvalue weighted by atomic mass is 19.1. The lowest BCUT2D eigenvalue weighted by Crippen LogP contribution is -2.19. The summed E-state index contributed by atoms with van der Waals surface area (Å²) in [4.78, 5) is 24.0. The van der Waals surface area contributed by atoms with Crippen molar-refractivity contribution in [3.8, 4) is 0 Å². The van der Waals surface area contributed by atoms with Gasteiger partial charge in [0.05, 0.1) is 31.1 Å². The number of benzene rings is 1. The lowest BCUT2D eigenvalue weighted by Gasteiger charge is -2.06. The molecule has 1 N–H and O–H groups in total. The fourth-order valence-corrected chi connectivity index (χ4v) is 2.69. The number of carbonyl (C=O) groups is 1. The molecule has 29 heavy (non-hydrogen) atoms. The molecule has 0 aliphatic heterocycles. The second kappa shape index (κ2) is 7.54. The van der Waals surface area contributed by atoms with Crippen LogP contribution in [0.1, 0.15) is 18.2 Å². The minimum Gasteiger partial charge on any atom is -0.452 e. The molecule has 1 amide bonds. The van der Waals surface area contributed by atoms with Gasteiger partial charge in [-0.2, -0.15) is 5.10 Å². The summed E-state index contributed by atoms with van der Waals surface area (Å²) >= 11 is 0. The van der Waals surface area contributed by atoms with Crippen LogP contribution in [-0.2, 0) is 11.3 Å². The van der Waals surface area contributed by atoms with Gasteiger partial charge >= 0.3 is 6.09 Å². The molecule has 0 saturated heterocycles. The van der Waals surface area contributed by atoms with E-state index in [0.29, 0.717) is 33.8 Å². The summed E-state index contributed by atoms with van der Waals surface area (Å²) in [5, 5.41) is 12.7. The normalized spacial score (nSPS) is 11.8. The number of rotatable bonds is 4. The lowest BCUT2D eigenvalue weighted by atomic mass is 10.1. The van der Waals surface area contributed by atoms with Gasteiger partial charge in [-0.25, -0.2) is 29.3 Å². The number of halogens is 1. The van der Waals surface area contributed by atoms with Gasteiger partial charge in [-0.1, -0.05) is 11.3 Å². The average molecular weight is 394 g/mol. The van der Waals surface area contributed by atoms with Gasteiger partial charge in [0.25, 0.3) is 0 Å². The molecule has 1 aromatic carbocycles. The predicted octanol–water partition coefficient (Wildman–Crippen LogP) is 2.04. The molecule has 4 rings (SSSR count). The van der Waals surface area contributed by atoms with Gasteiger partial charge in [0.1, 0.15) is 11.5 Å².